The number of hydrogen-bond acceptors (Lipinski definition) is 13. The van der Waals surface area contributed by atoms with Crippen molar-refractivity contribution >= 4 is 5.91 Å². The largest absolute Gasteiger partial charge is 0.394 e. The van der Waals surface area contributed by atoms with Crippen LogP contribution in [-0.4, -0.2) is 140 Å². The van der Waals surface area contributed by atoms with Gasteiger partial charge in [-0.05, 0) is 77.0 Å². The van der Waals surface area contributed by atoms with E-state index in [2.05, 4.69) is 67.8 Å². The zero-order valence-electron chi connectivity index (χ0n) is 48.9. The molecule has 0 spiro atoms. The van der Waals surface area contributed by atoms with Crippen LogP contribution < -0.4 is 5.32 Å². The van der Waals surface area contributed by atoms with Gasteiger partial charge < -0.3 is 65.1 Å². The minimum absolute atomic E-state index is 0.252. The maximum atomic E-state index is 13.2. The molecule has 2 heterocycles. The maximum absolute atomic E-state index is 13.2. The third-order valence-electron chi connectivity index (χ3n) is 15.2. The van der Waals surface area contributed by atoms with Crippen LogP contribution in [0.4, 0.5) is 0 Å². The summed E-state index contributed by atoms with van der Waals surface area (Å²) in [6.45, 7) is 2.74. The van der Waals surface area contributed by atoms with E-state index >= 15 is 0 Å². The van der Waals surface area contributed by atoms with Crippen molar-refractivity contribution in [3.05, 3.63) is 60.8 Å². The lowest BCUT2D eigenvalue weighted by Crippen LogP contribution is -2.65. The first-order valence-electron chi connectivity index (χ1n) is 31.5. The predicted molar refractivity (Wildman–Crippen MR) is 314 cm³/mol. The number of rotatable bonds is 50. The Kier molecular flexibility index (Phi) is 45.4. The molecule has 454 valence electrons. The van der Waals surface area contributed by atoms with Gasteiger partial charge in [-0.1, -0.05) is 222 Å². The molecule has 12 unspecified atom stereocenters. The highest BCUT2D eigenvalue weighted by atomic mass is 16.7. The molecule has 14 heteroatoms. The van der Waals surface area contributed by atoms with Crippen LogP contribution in [0.2, 0.25) is 0 Å². The molecular formula is C64H115NO13. The Balaban J connectivity index is 1.74. The normalized spacial score (nSPS) is 24.9. The fourth-order valence-electron chi connectivity index (χ4n) is 10.1. The average molecular weight is 1110 g/mol. The summed E-state index contributed by atoms with van der Waals surface area (Å²) >= 11 is 0. The van der Waals surface area contributed by atoms with E-state index in [1.165, 1.54) is 141 Å². The highest BCUT2D eigenvalue weighted by molar-refractivity contribution is 5.76. The molecule has 0 saturated carbocycles. The SMILES string of the molecule is CCCCC/C=C\C/C=C\CCCCCCCC(=O)NC(COC1OC(CO)C(OC2OC(CO)C(O)C(O)C2O)C(O)C1O)C(O)/C=C/CC/C=C/CC/C=C/CCCCCCCCCCCCCCCCCCCCC. The van der Waals surface area contributed by atoms with E-state index in [-0.39, 0.29) is 18.9 Å². The monoisotopic (exact) mass is 1110 g/mol. The van der Waals surface area contributed by atoms with Crippen molar-refractivity contribution in [2.45, 2.75) is 319 Å². The number of ether oxygens (including phenoxy) is 4. The number of allylic oxidation sites excluding steroid dienone is 9. The van der Waals surface area contributed by atoms with Crippen molar-refractivity contribution in [3.63, 3.8) is 0 Å². The molecule has 78 heavy (non-hydrogen) atoms. The van der Waals surface area contributed by atoms with Crippen molar-refractivity contribution in [3.8, 4) is 0 Å². The topological polar surface area (TPSA) is 228 Å². The number of aliphatic hydroxyl groups excluding tert-OH is 8. The Bertz CT molecular complexity index is 1540. The van der Waals surface area contributed by atoms with Gasteiger partial charge in [0, 0.05) is 6.42 Å². The summed E-state index contributed by atoms with van der Waals surface area (Å²) in [5.74, 6) is -0.268. The molecule has 0 bridgehead atoms. The third kappa shape index (κ3) is 34.2. The van der Waals surface area contributed by atoms with Crippen molar-refractivity contribution < 1.29 is 64.6 Å². The number of carbonyl (C=O) groups is 1. The average Bonchev–Trinajstić information content (AvgIpc) is 3.48. The lowest BCUT2D eigenvalue weighted by Gasteiger charge is -2.46. The zero-order valence-corrected chi connectivity index (χ0v) is 48.9. The fraction of sp³-hybridized carbons (Fsp3) is 0.828. The summed E-state index contributed by atoms with van der Waals surface area (Å²) in [5.41, 5.74) is 0. The first kappa shape index (κ1) is 71.8. The Hall–Kier alpha value is -2.31. The Labute approximate surface area is 473 Å². The van der Waals surface area contributed by atoms with Crippen LogP contribution in [0.15, 0.2) is 60.8 Å². The van der Waals surface area contributed by atoms with Gasteiger partial charge in [-0.3, -0.25) is 4.79 Å². The summed E-state index contributed by atoms with van der Waals surface area (Å²) in [6.07, 6.45) is 47.1. The lowest BCUT2D eigenvalue weighted by atomic mass is 9.97. The molecule has 0 aliphatic carbocycles. The molecule has 1 amide bonds. The molecule has 2 rings (SSSR count). The standard InChI is InChI=1S/C64H115NO13/c1-3-5-7-9-11-13-15-17-19-20-21-22-23-24-25-26-27-28-29-30-31-32-34-35-37-39-41-43-45-47-53(68)52(65-56(69)48-46-44-42-40-38-36-33-18-16-14-12-10-8-6-4-2)51-75-63-61(74)59(72)62(55(50-67)77-63)78-64-60(73)58(71)57(70)54(49-66)76-64/h12,14,18,31-33,37,39,45,47,52-55,57-64,66-68,70-74H,3-11,13,15-17,19-30,34-36,38,40-44,46,48-51H2,1-2H3,(H,65,69)/b14-12-,32-31+,33-18-,39-37+,47-45+. The molecule has 9 N–H and O–H groups in total. The second-order valence-electron chi connectivity index (χ2n) is 22.2. The van der Waals surface area contributed by atoms with Gasteiger partial charge in [0.05, 0.1) is 32.0 Å². The van der Waals surface area contributed by atoms with Crippen LogP contribution in [0.5, 0.6) is 0 Å². The molecular weight excluding hydrogens is 991 g/mol. The van der Waals surface area contributed by atoms with Gasteiger partial charge >= 0.3 is 0 Å². The molecule has 2 aliphatic rings. The smallest absolute Gasteiger partial charge is 0.220 e. The molecule has 0 aromatic heterocycles. The molecule has 2 saturated heterocycles. The van der Waals surface area contributed by atoms with Gasteiger partial charge in [-0.2, -0.15) is 0 Å². The molecule has 0 radical (unpaired) electrons. The summed E-state index contributed by atoms with van der Waals surface area (Å²) in [6, 6.07) is -0.948. The minimum atomic E-state index is -1.80. The molecule has 2 aliphatic heterocycles. The molecule has 12 atom stereocenters. The number of carbonyl (C=O) groups excluding carboxylic acids is 1. The maximum Gasteiger partial charge on any atom is 0.220 e. The van der Waals surface area contributed by atoms with E-state index in [0.29, 0.717) is 12.8 Å². The summed E-state index contributed by atoms with van der Waals surface area (Å²) < 4.78 is 22.7. The summed E-state index contributed by atoms with van der Waals surface area (Å²) in [5, 5.41) is 87.1. The van der Waals surface area contributed by atoms with Gasteiger partial charge in [0.25, 0.3) is 0 Å². The number of aliphatic hydroxyl groups is 8. The Morgan fingerprint density at radius 3 is 1.36 bits per heavy atom. The van der Waals surface area contributed by atoms with Gasteiger partial charge in [0.15, 0.2) is 12.6 Å². The molecule has 2 fully saturated rings. The second-order valence-corrected chi connectivity index (χ2v) is 22.2. The van der Waals surface area contributed by atoms with Crippen LogP contribution in [-0.2, 0) is 23.7 Å². The van der Waals surface area contributed by atoms with E-state index in [1.807, 2.05) is 6.08 Å². The van der Waals surface area contributed by atoms with Crippen LogP contribution in [0.1, 0.15) is 245 Å². The molecule has 14 nitrogen and oxygen atoms in total. The second kappa shape index (κ2) is 49.3. The number of amides is 1. The minimum Gasteiger partial charge on any atom is -0.394 e. The summed E-state index contributed by atoms with van der Waals surface area (Å²) in [4.78, 5) is 13.2. The van der Waals surface area contributed by atoms with Crippen molar-refractivity contribution in [1.29, 1.82) is 0 Å². The molecule has 0 aromatic rings. The first-order valence-corrected chi connectivity index (χ1v) is 31.5. The van der Waals surface area contributed by atoms with E-state index in [0.717, 1.165) is 70.6 Å². The van der Waals surface area contributed by atoms with E-state index in [1.54, 1.807) is 6.08 Å². The van der Waals surface area contributed by atoms with Gasteiger partial charge in [0.1, 0.15) is 48.8 Å². The van der Waals surface area contributed by atoms with Crippen molar-refractivity contribution in [2.75, 3.05) is 19.8 Å². The third-order valence-corrected chi connectivity index (χ3v) is 15.2. The number of hydrogen-bond donors (Lipinski definition) is 9. The molecule has 0 aromatic carbocycles. The highest BCUT2D eigenvalue weighted by Gasteiger charge is 2.51. The van der Waals surface area contributed by atoms with Crippen LogP contribution >= 0.6 is 0 Å². The van der Waals surface area contributed by atoms with Crippen molar-refractivity contribution in [1.82, 2.24) is 5.32 Å². The first-order chi connectivity index (χ1) is 38.1. The van der Waals surface area contributed by atoms with Gasteiger partial charge in [0.2, 0.25) is 5.91 Å². The number of nitrogens with one attached hydrogen (secondary N) is 1. The fourth-order valence-corrected chi connectivity index (χ4v) is 10.1. The Morgan fingerprint density at radius 2 is 0.859 bits per heavy atom. The van der Waals surface area contributed by atoms with E-state index < -0.39 is 86.8 Å². The highest BCUT2D eigenvalue weighted by Crippen LogP contribution is 2.30. The van der Waals surface area contributed by atoms with Crippen LogP contribution in [0.3, 0.4) is 0 Å². The Morgan fingerprint density at radius 1 is 0.462 bits per heavy atom. The van der Waals surface area contributed by atoms with Crippen LogP contribution in [0.25, 0.3) is 0 Å². The van der Waals surface area contributed by atoms with Gasteiger partial charge in [-0.15, -0.1) is 0 Å². The van der Waals surface area contributed by atoms with E-state index in [9.17, 15) is 45.6 Å². The predicted octanol–water partition coefficient (Wildman–Crippen LogP) is 11.3. The number of unbranched alkanes of at least 4 members (excludes halogenated alkanes) is 29. The van der Waals surface area contributed by atoms with Crippen molar-refractivity contribution in [2.24, 2.45) is 0 Å². The zero-order chi connectivity index (χ0) is 56.7. The van der Waals surface area contributed by atoms with Gasteiger partial charge in [-0.25, -0.2) is 0 Å². The quantitative estimate of drug-likeness (QED) is 0.0204. The summed E-state index contributed by atoms with van der Waals surface area (Å²) in [7, 11) is 0. The van der Waals surface area contributed by atoms with E-state index in [4.69, 9.17) is 18.9 Å². The lowest BCUT2D eigenvalue weighted by molar-refractivity contribution is -0.359. The van der Waals surface area contributed by atoms with Crippen LogP contribution in [0, 0.1) is 0 Å².